The minimum atomic E-state index is 0.134. The van der Waals surface area contributed by atoms with E-state index in [1.54, 1.807) is 0 Å². The third-order valence-corrected chi connectivity index (χ3v) is 3.83. The Labute approximate surface area is 114 Å². The lowest BCUT2D eigenvalue weighted by Crippen LogP contribution is -2.24. The first-order chi connectivity index (χ1) is 9.34. The van der Waals surface area contributed by atoms with Crippen LogP contribution in [0.5, 0.6) is 0 Å². The lowest BCUT2D eigenvalue weighted by atomic mass is 10.0. The second kappa shape index (κ2) is 5.72. The molecule has 0 amide bonds. The van der Waals surface area contributed by atoms with Crippen LogP contribution in [0.25, 0.3) is 10.8 Å². The van der Waals surface area contributed by atoms with Gasteiger partial charge in [-0.05, 0) is 36.1 Å². The second-order valence-corrected chi connectivity index (χ2v) is 5.16. The first-order valence-electron chi connectivity index (χ1n) is 7.05. The summed E-state index contributed by atoms with van der Waals surface area (Å²) in [6.45, 7) is 3.80. The first-order valence-corrected chi connectivity index (χ1v) is 7.05. The van der Waals surface area contributed by atoms with Crippen LogP contribution in [0.3, 0.4) is 0 Å². The Morgan fingerprint density at radius 1 is 1.05 bits per heavy atom. The zero-order valence-corrected chi connectivity index (χ0v) is 11.3. The minimum absolute atomic E-state index is 0.134. The Kier molecular flexibility index (Phi) is 3.81. The van der Waals surface area contributed by atoms with E-state index in [9.17, 15) is 0 Å². The number of ether oxygens (including phenoxy) is 2. The minimum Gasteiger partial charge on any atom is -0.381 e. The Bertz CT molecular complexity index is 538. The molecule has 1 aliphatic heterocycles. The van der Waals surface area contributed by atoms with Crippen LogP contribution in [0.15, 0.2) is 42.5 Å². The van der Waals surface area contributed by atoms with Crippen molar-refractivity contribution in [2.45, 2.75) is 32.0 Å². The summed E-state index contributed by atoms with van der Waals surface area (Å²) in [6.07, 6.45) is 2.49. The maximum absolute atomic E-state index is 6.21. The number of hydrogen-bond donors (Lipinski definition) is 0. The van der Waals surface area contributed by atoms with Crippen molar-refractivity contribution in [3.8, 4) is 0 Å². The Morgan fingerprint density at radius 2 is 1.79 bits per heavy atom. The predicted molar refractivity (Wildman–Crippen MR) is 77.3 cm³/mol. The molecule has 0 aromatic heterocycles. The number of hydrogen-bond acceptors (Lipinski definition) is 2. The molecule has 0 saturated carbocycles. The van der Waals surface area contributed by atoms with E-state index in [0.717, 1.165) is 26.1 Å². The van der Waals surface area contributed by atoms with Crippen molar-refractivity contribution in [2.24, 2.45) is 0 Å². The molecule has 0 bridgehead atoms. The van der Waals surface area contributed by atoms with Gasteiger partial charge in [-0.2, -0.15) is 0 Å². The highest BCUT2D eigenvalue weighted by Crippen LogP contribution is 2.28. The molecule has 2 nitrogen and oxygen atoms in total. The normalized spacial score (nSPS) is 18.6. The zero-order chi connectivity index (χ0) is 13.1. The fourth-order valence-corrected chi connectivity index (χ4v) is 2.78. The smallest absolute Gasteiger partial charge is 0.0806 e. The van der Waals surface area contributed by atoms with Gasteiger partial charge >= 0.3 is 0 Å². The summed E-state index contributed by atoms with van der Waals surface area (Å²) in [5.74, 6) is 0. The zero-order valence-electron chi connectivity index (χ0n) is 11.3. The summed E-state index contributed by atoms with van der Waals surface area (Å²) >= 11 is 0. The van der Waals surface area contributed by atoms with Gasteiger partial charge < -0.3 is 9.47 Å². The third kappa shape index (κ3) is 2.80. The van der Waals surface area contributed by atoms with E-state index >= 15 is 0 Å². The van der Waals surface area contributed by atoms with Gasteiger partial charge in [0.05, 0.1) is 12.2 Å². The topological polar surface area (TPSA) is 18.5 Å². The van der Waals surface area contributed by atoms with Gasteiger partial charge in [0.1, 0.15) is 0 Å². The summed E-state index contributed by atoms with van der Waals surface area (Å²) in [4.78, 5) is 0. The van der Waals surface area contributed by atoms with Crippen molar-refractivity contribution in [3.63, 3.8) is 0 Å². The Balaban J connectivity index is 1.82. The van der Waals surface area contributed by atoms with E-state index in [4.69, 9.17) is 9.47 Å². The predicted octanol–water partition coefficient (Wildman–Crippen LogP) is 4.10. The molecule has 0 spiro atoms. The van der Waals surface area contributed by atoms with Gasteiger partial charge in [0.15, 0.2) is 0 Å². The van der Waals surface area contributed by atoms with Crippen molar-refractivity contribution >= 4 is 10.8 Å². The summed E-state index contributed by atoms with van der Waals surface area (Å²) in [7, 11) is 0. The number of rotatable bonds is 3. The lowest BCUT2D eigenvalue weighted by Gasteiger charge is -2.26. The second-order valence-electron chi connectivity index (χ2n) is 5.16. The van der Waals surface area contributed by atoms with Crippen molar-refractivity contribution in [1.29, 1.82) is 0 Å². The molecule has 2 aromatic carbocycles. The van der Waals surface area contributed by atoms with Crippen LogP contribution in [-0.2, 0) is 9.47 Å². The van der Waals surface area contributed by atoms with Gasteiger partial charge in [0, 0.05) is 13.2 Å². The molecular formula is C17H20O2. The summed E-state index contributed by atoms with van der Waals surface area (Å²) in [5.41, 5.74) is 1.28. The first kappa shape index (κ1) is 12.6. The van der Waals surface area contributed by atoms with Crippen LogP contribution in [0.1, 0.15) is 31.4 Å². The Morgan fingerprint density at radius 3 is 2.63 bits per heavy atom. The average Bonchev–Trinajstić information content (AvgIpc) is 2.47. The van der Waals surface area contributed by atoms with Gasteiger partial charge in [-0.25, -0.2) is 0 Å². The van der Waals surface area contributed by atoms with E-state index in [1.165, 1.54) is 16.3 Å². The molecule has 0 aliphatic carbocycles. The van der Waals surface area contributed by atoms with Crippen LogP contribution in [-0.4, -0.2) is 19.3 Å². The molecule has 2 heteroatoms. The lowest BCUT2D eigenvalue weighted by molar-refractivity contribution is -0.0631. The van der Waals surface area contributed by atoms with Gasteiger partial charge in [0.25, 0.3) is 0 Å². The van der Waals surface area contributed by atoms with Gasteiger partial charge in [0.2, 0.25) is 0 Å². The van der Waals surface area contributed by atoms with Crippen molar-refractivity contribution in [2.75, 3.05) is 13.2 Å². The molecule has 1 heterocycles. The van der Waals surface area contributed by atoms with Gasteiger partial charge in [-0.15, -0.1) is 0 Å². The molecule has 1 unspecified atom stereocenters. The maximum Gasteiger partial charge on any atom is 0.0806 e. The van der Waals surface area contributed by atoms with Gasteiger partial charge in [-0.1, -0.05) is 42.5 Å². The van der Waals surface area contributed by atoms with Crippen LogP contribution >= 0.6 is 0 Å². The fraction of sp³-hybridized carbons (Fsp3) is 0.412. The van der Waals surface area contributed by atoms with Crippen molar-refractivity contribution in [3.05, 3.63) is 48.0 Å². The Hall–Kier alpha value is -1.38. The fourth-order valence-electron chi connectivity index (χ4n) is 2.78. The summed E-state index contributed by atoms with van der Waals surface area (Å²) in [6, 6.07) is 14.9. The van der Waals surface area contributed by atoms with Gasteiger partial charge in [-0.3, -0.25) is 0 Å². The number of benzene rings is 2. The van der Waals surface area contributed by atoms with Crippen molar-refractivity contribution in [1.82, 2.24) is 0 Å². The molecule has 1 saturated heterocycles. The van der Waals surface area contributed by atoms with Crippen molar-refractivity contribution < 1.29 is 9.47 Å². The highest BCUT2D eigenvalue weighted by Gasteiger charge is 2.18. The van der Waals surface area contributed by atoms with E-state index in [2.05, 4.69) is 49.4 Å². The molecule has 1 aliphatic rings. The molecule has 3 rings (SSSR count). The van der Waals surface area contributed by atoms with Crippen LogP contribution < -0.4 is 0 Å². The molecule has 0 radical (unpaired) electrons. The molecule has 1 atom stereocenters. The monoisotopic (exact) mass is 256 g/mol. The standard InChI is InChI=1S/C17H20O2/c1-13(19-15-9-11-18-12-10-15)16-8-4-6-14-5-2-3-7-17(14)16/h2-8,13,15H,9-12H2,1H3. The van der Waals surface area contributed by atoms with E-state index in [-0.39, 0.29) is 6.10 Å². The SMILES string of the molecule is CC(OC1CCOCC1)c1cccc2ccccc12. The molecule has 1 fully saturated rings. The molecule has 19 heavy (non-hydrogen) atoms. The molecular weight excluding hydrogens is 236 g/mol. The molecule has 100 valence electrons. The highest BCUT2D eigenvalue weighted by atomic mass is 16.5. The third-order valence-electron chi connectivity index (χ3n) is 3.83. The van der Waals surface area contributed by atoms with Crippen LogP contribution in [0, 0.1) is 0 Å². The molecule has 0 N–H and O–H groups in total. The largest absolute Gasteiger partial charge is 0.381 e. The van der Waals surface area contributed by atoms with Crippen LogP contribution in [0.4, 0.5) is 0 Å². The van der Waals surface area contributed by atoms with E-state index in [1.807, 2.05) is 0 Å². The molecule has 2 aromatic rings. The quantitative estimate of drug-likeness (QED) is 0.823. The van der Waals surface area contributed by atoms with E-state index < -0.39 is 0 Å². The maximum atomic E-state index is 6.21. The van der Waals surface area contributed by atoms with Crippen LogP contribution in [0.2, 0.25) is 0 Å². The average molecular weight is 256 g/mol. The summed E-state index contributed by atoms with van der Waals surface area (Å²) < 4.78 is 11.6. The summed E-state index contributed by atoms with van der Waals surface area (Å²) in [5, 5.41) is 2.58. The highest BCUT2D eigenvalue weighted by molar-refractivity contribution is 5.85. The number of fused-ring (bicyclic) bond motifs is 1. The van der Waals surface area contributed by atoms with E-state index in [0.29, 0.717) is 6.10 Å².